The van der Waals surface area contributed by atoms with Gasteiger partial charge in [0.05, 0.1) is 11.1 Å². The number of aryl methyl sites for hydroxylation is 1. The van der Waals surface area contributed by atoms with E-state index in [1.165, 1.54) is 12.1 Å². The molecule has 0 bridgehead atoms. The Bertz CT molecular complexity index is 1610. The Morgan fingerprint density at radius 1 is 1.05 bits per heavy atom. The molecule has 1 spiro atoms. The molecule has 1 saturated heterocycles. The molecule has 2 saturated carbocycles. The van der Waals surface area contributed by atoms with Crippen molar-refractivity contribution in [2.24, 2.45) is 11.3 Å². The van der Waals surface area contributed by atoms with Gasteiger partial charge in [-0.1, -0.05) is 23.4 Å². The molecule has 42 heavy (non-hydrogen) atoms. The summed E-state index contributed by atoms with van der Waals surface area (Å²) in [4.78, 5) is 6.93. The van der Waals surface area contributed by atoms with Gasteiger partial charge in [0, 0.05) is 53.0 Å². The third-order valence-electron chi connectivity index (χ3n) is 9.47. The zero-order valence-corrected chi connectivity index (χ0v) is 23.5. The van der Waals surface area contributed by atoms with Gasteiger partial charge < -0.3 is 14.2 Å². The molecule has 0 atom stereocenters. The number of alkyl halides is 4. The third kappa shape index (κ3) is 5.01. The van der Waals surface area contributed by atoms with E-state index in [9.17, 15) is 17.6 Å². The molecule has 4 aromatic rings. The Morgan fingerprint density at radius 2 is 1.81 bits per heavy atom. The highest BCUT2D eigenvalue weighted by Crippen LogP contribution is 2.55. The number of rotatable bonds is 7. The number of halogens is 4. The smallest absolute Gasteiger partial charge is 0.417 e. The standard InChI is InChI=1S/C33H33F4N3O2/c1-20-14-29(41-19-34)25-16-23(8-9-28(25)38-20)40-12-10-32(11-13-40)17-21(18-32)15-26-30(39-42-31(26)22-6-7-22)24-4-2-3-5-27(24)33(35,36)37/h2-5,8-9,14,16,21-22H,6-7,10-13,15,17-19H2,1H3. The van der Waals surface area contributed by atoms with Crippen LogP contribution in [0.2, 0.25) is 0 Å². The van der Waals surface area contributed by atoms with Crippen LogP contribution in [0.3, 0.4) is 0 Å². The number of hydrogen-bond acceptors (Lipinski definition) is 5. The molecule has 5 nitrogen and oxygen atoms in total. The van der Waals surface area contributed by atoms with Crippen LogP contribution in [-0.4, -0.2) is 30.1 Å². The van der Waals surface area contributed by atoms with Crippen molar-refractivity contribution < 1.29 is 26.8 Å². The van der Waals surface area contributed by atoms with Crippen molar-refractivity contribution in [2.45, 2.75) is 64.0 Å². The normalized spacial score (nSPS) is 18.9. The predicted molar refractivity (Wildman–Crippen MR) is 152 cm³/mol. The second-order valence-corrected chi connectivity index (χ2v) is 12.4. The summed E-state index contributed by atoms with van der Waals surface area (Å²) in [7, 11) is 0. The number of fused-ring (bicyclic) bond motifs is 1. The number of aromatic nitrogens is 2. The number of piperidine rings is 1. The molecule has 220 valence electrons. The summed E-state index contributed by atoms with van der Waals surface area (Å²) in [5, 5.41) is 5.02. The summed E-state index contributed by atoms with van der Waals surface area (Å²) in [5.41, 5.74) is 3.59. The van der Waals surface area contributed by atoms with Gasteiger partial charge in [0.25, 0.3) is 0 Å². The molecular weight excluding hydrogens is 546 g/mol. The lowest BCUT2D eigenvalue weighted by molar-refractivity contribution is -0.137. The third-order valence-corrected chi connectivity index (χ3v) is 9.47. The van der Waals surface area contributed by atoms with E-state index in [-0.39, 0.29) is 16.9 Å². The lowest BCUT2D eigenvalue weighted by atomic mass is 9.56. The number of benzene rings is 2. The van der Waals surface area contributed by atoms with Gasteiger partial charge in [0.2, 0.25) is 6.86 Å². The first-order valence-electron chi connectivity index (χ1n) is 14.7. The Morgan fingerprint density at radius 3 is 2.52 bits per heavy atom. The average Bonchev–Trinajstić information content (AvgIpc) is 3.72. The molecule has 2 aliphatic carbocycles. The van der Waals surface area contributed by atoms with Gasteiger partial charge in [0.1, 0.15) is 17.2 Å². The second kappa shape index (κ2) is 10.3. The van der Waals surface area contributed by atoms with E-state index in [1.54, 1.807) is 12.1 Å². The number of ether oxygens (including phenoxy) is 1. The first kappa shape index (κ1) is 27.2. The van der Waals surface area contributed by atoms with Gasteiger partial charge in [-0.3, -0.25) is 4.98 Å². The Hall–Kier alpha value is -3.62. The van der Waals surface area contributed by atoms with Crippen molar-refractivity contribution in [3.8, 4) is 17.0 Å². The zero-order chi connectivity index (χ0) is 29.1. The maximum Gasteiger partial charge on any atom is 0.417 e. The SMILES string of the molecule is Cc1cc(OCF)c2cc(N3CCC4(CC3)CC(Cc3c(-c5ccccc5C(F)(F)F)noc3C3CC3)C4)ccc2n1. The molecule has 2 aromatic heterocycles. The van der Waals surface area contributed by atoms with Crippen LogP contribution in [0.5, 0.6) is 5.75 Å². The summed E-state index contributed by atoms with van der Waals surface area (Å²) in [5.74, 6) is 1.97. The van der Waals surface area contributed by atoms with Gasteiger partial charge in [0.15, 0.2) is 0 Å². The summed E-state index contributed by atoms with van der Waals surface area (Å²) in [6, 6.07) is 13.5. The molecule has 3 heterocycles. The molecule has 3 fully saturated rings. The molecule has 2 aromatic carbocycles. The number of nitrogens with zero attached hydrogens (tertiary/aromatic N) is 3. The molecule has 0 amide bonds. The molecule has 0 N–H and O–H groups in total. The van der Waals surface area contributed by atoms with E-state index in [0.29, 0.717) is 23.8 Å². The first-order valence-corrected chi connectivity index (χ1v) is 14.7. The van der Waals surface area contributed by atoms with Crippen molar-refractivity contribution in [2.75, 3.05) is 24.9 Å². The van der Waals surface area contributed by atoms with Crippen LogP contribution in [0.15, 0.2) is 53.1 Å². The highest BCUT2D eigenvalue weighted by Gasteiger charge is 2.47. The fourth-order valence-corrected chi connectivity index (χ4v) is 7.26. The van der Waals surface area contributed by atoms with Crippen molar-refractivity contribution in [1.82, 2.24) is 10.1 Å². The number of pyridine rings is 1. The van der Waals surface area contributed by atoms with E-state index in [4.69, 9.17) is 9.26 Å². The average molecular weight is 580 g/mol. The number of hydrogen-bond donors (Lipinski definition) is 0. The molecule has 7 rings (SSSR count). The van der Waals surface area contributed by atoms with Crippen molar-refractivity contribution in [3.05, 3.63) is 71.1 Å². The zero-order valence-electron chi connectivity index (χ0n) is 23.5. The van der Waals surface area contributed by atoms with Crippen LogP contribution in [0.25, 0.3) is 22.2 Å². The van der Waals surface area contributed by atoms with E-state index in [1.807, 2.05) is 19.1 Å². The molecule has 9 heteroatoms. The Balaban J connectivity index is 1.05. The molecular formula is C33H33F4N3O2. The molecule has 1 aliphatic heterocycles. The van der Waals surface area contributed by atoms with E-state index < -0.39 is 18.6 Å². The summed E-state index contributed by atoms with van der Waals surface area (Å²) < 4.78 is 65.5. The Kier molecular flexibility index (Phi) is 6.66. The maximum atomic E-state index is 13.8. The largest absolute Gasteiger partial charge is 0.462 e. The minimum absolute atomic E-state index is 0.110. The van der Waals surface area contributed by atoms with Gasteiger partial charge in [-0.2, -0.15) is 13.2 Å². The van der Waals surface area contributed by atoms with Crippen molar-refractivity contribution in [3.63, 3.8) is 0 Å². The lowest BCUT2D eigenvalue weighted by Gasteiger charge is -2.53. The predicted octanol–water partition coefficient (Wildman–Crippen LogP) is 8.64. The highest BCUT2D eigenvalue weighted by molar-refractivity contribution is 5.88. The summed E-state index contributed by atoms with van der Waals surface area (Å²) in [6.45, 7) is 2.82. The first-order chi connectivity index (χ1) is 20.2. The lowest BCUT2D eigenvalue weighted by Crippen LogP contribution is -2.47. The second-order valence-electron chi connectivity index (χ2n) is 12.4. The minimum Gasteiger partial charge on any atom is -0.462 e. The molecule has 0 radical (unpaired) electrons. The fraction of sp³-hybridized carbons (Fsp3) is 0.455. The fourth-order valence-electron chi connectivity index (χ4n) is 7.26. The highest BCUT2D eigenvalue weighted by atomic mass is 19.4. The van der Waals surface area contributed by atoms with Gasteiger partial charge in [-0.15, -0.1) is 0 Å². The van der Waals surface area contributed by atoms with Gasteiger partial charge in [-0.05, 0) is 87.5 Å². The molecule has 3 aliphatic rings. The monoisotopic (exact) mass is 579 g/mol. The summed E-state index contributed by atoms with van der Waals surface area (Å²) in [6.07, 6.45) is 2.49. The van der Waals surface area contributed by atoms with Crippen molar-refractivity contribution >= 4 is 16.6 Å². The minimum atomic E-state index is -4.45. The maximum absolute atomic E-state index is 13.8. The summed E-state index contributed by atoms with van der Waals surface area (Å²) >= 11 is 0. The van der Waals surface area contributed by atoms with E-state index >= 15 is 0 Å². The van der Waals surface area contributed by atoms with Gasteiger partial charge >= 0.3 is 6.18 Å². The van der Waals surface area contributed by atoms with E-state index in [0.717, 1.165) is 91.3 Å². The van der Waals surface area contributed by atoms with Crippen LogP contribution in [0.4, 0.5) is 23.2 Å². The van der Waals surface area contributed by atoms with Crippen LogP contribution < -0.4 is 9.64 Å². The van der Waals surface area contributed by atoms with Crippen LogP contribution >= 0.6 is 0 Å². The van der Waals surface area contributed by atoms with E-state index in [2.05, 4.69) is 21.1 Å². The van der Waals surface area contributed by atoms with Crippen LogP contribution in [-0.2, 0) is 12.6 Å². The molecule has 0 unspecified atom stereocenters. The quantitative estimate of drug-likeness (QED) is 0.205. The van der Waals surface area contributed by atoms with Gasteiger partial charge in [-0.25, -0.2) is 4.39 Å². The van der Waals surface area contributed by atoms with Crippen molar-refractivity contribution in [1.29, 1.82) is 0 Å². The number of anilines is 1. The van der Waals surface area contributed by atoms with Crippen LogP contribution in [0, 0.1) is 18.3 Å². The topological polar surface area (TPSA) is 51.4 Å². The Labute approximate surface area is 241 Å². The van der Waals surface area contributed by atoms with Crippen LogP contribution in [0.1, 0.15) is 67.0 Å².